The molecule has 2 N–H and O–H groups in total. The van der Waals surface area contributed by atoms with E-state index in [1.54, 1.807) is 27.7 Å². The van der Waals surface area contributed by atoms with Gasteiger partial charge in [0.05, 0.1) is 25.4 Å². The van der Waals surface area contributed by atoms with Crippen molar-refractivity contribution >= 4 is 22.0 Å². The number of benzene rings is 1. The van der Waals surface area contributed by atoms with E-state index < -0.39 is 17.7 Å². The van der Waals surface area contributed by atoms with Crippen molar-refractivity contribution < 1.29 is 19.4 Å². The zero-order valence-corrected chi connectivity index (χ0v) is 15.0. The zero-order chi connectivity index (χ0) is 16.8. The number of rotatable bonds is 6. The summed E-state index contributed by atoms with van der Waals surface area (Å²) in [6.45, 7) is 7.34. The Morgan fingerprint density at radius 3 is 2.41 bits per heavy atom. The molecule has 6 heteroatoms. The van der Waals surface area contributed by atoms with Crippen LogP contribution in [0.4, 0.5) is 4.79 Å². The number of carbonyl (C=O) groups is 1. The minimum atomic E-state index is -0.578. The Labute approximate surface area is 140 Å². The van der Waals surface area contributed by atoms with Gasteiger partial charge in [0.25, 0.3) is 0 Å². The summed E-state index contributed by atoms with van der Waals surface area (Å²) in [6.07, 6.45) is -0.910. The fourth-order valence-electron chi connectivity index (χ4n) is 1.69. The molecule has 124 valence electrons. The number of alkyl carbamates (subject to hydrolysis) is 1. The zero-order valence-electron chi connectivity index (χ0n) is 13.4. The molecule has 0 heterocycles. The Hall–Kier alpha value is -1.11. The first kappa shape index (κ1) is 18.9. The molecule has 0 saturated heterocycles. The molecule has 0 radical (unpaired) electrons. The van der Waals surface area contributed by atoms with Crippen molar-refractivity contribution in [3.05, 3.63) is 34.3 Å². The quantitative estimate of drug-likeness (QED) is 0.802. The van der Waals surface area contributed by atoms with E-state index in [1.165, 1.54) is 0 Å². The van der Waals surface area contributed by atoms with Gasteiger partial charge in [-0.3, -0.25) is 0 Å². The third-order valence-electron chi connectivity index (χ3n) is 2.89. The number of hydrogen-bond acceptors (Lipinski definition) is 4. The van der Waals surface area contributed by atoms with E-state index in [0.29, 0.717) is 6.61 Å². The highest BCUT2D eigenvalue weighted by atomic mass is 79.9. The Morgan fingerprint density at radius 1 is 1.32 bits per heavy atom. The summed E-state index contributed by atoms with van der Waals surface area (Å²) >= 11 is 3.38. The second-order valence-electron chi connectivity index (χ2n) is 6.08. The molecular weight excluding hydrogens is 350 g/mol. The maximum absolute atomic E-state index is 11.7. The molecule has 1 rings (SSSR count). The van der Waals surface area contributed by atoms with Crippen LogP contribution in [0.3, 0.4) is 0 Å². The van der Waals surface area contributed by atoms with E-state index in [-0.39, 0.29) is 12.7 Å². The van der Waals surface area contributed by atoms with Gasteiger partial charge in [-0.05, 0) is 45.4 Å². The highest BCUT2D eigenvalue weighted by Gasteiger charge is 2.23. The van der Waals surface area contributed by atoms with Crippen LogP contribution in [0.2, 0.25) is 0 Å². The monoisotopic (exact) mass is 373 g/mol. The number of nitrogens with one attached hydrogen (secondary N) is 1. The van der Waals surface area contributed by atoms with Crippen LogP contribution in [0.1, 0.15) is 33.3 Å². The second-order valence-corrected chi connectivity index (χ2v) is 6.99. The van der Waals surface area contributed by atoms with Crippen molar-refractivity contribution in [1.82, 2.24) is 5.32 Å². The van der Waals surface area contributed by atoms with Gasteiger partial charge in [0.2, 0.25) is 0 Å². The number of halogens is 1. The Bertz CT molecular complexity index is 470. The fourth-order valence-corrected chi connectivity index (χ4v) is 1.96. The number of hydrogen-bond donors (Lipinski definition) is 2. The maximum atomic E-state index is 11.7. The molecule has 22 heavy (non-hydrogen) atoms. The van der Waals surface area contributed by atoms with Crippen molar-refractivity contribution in [1.29, 1.82) is 0 Å². The topological polar surface area (TPSA) is 67.8 Å². The molecule has 0 spiro atoms. The smallest absolute Gasteiger partial charge is 0.408 e. The SMILES string of the molecule is C[C@@H](OCc1ccc(Br)cc1)[C@H](CO)NC(=O)OC(C)(C)C. The summed E-state index contributed by atoms with van der Waals surface area (Å²) in [5.41, 5.74) is 0.440. The largest absolute Gasteiger partial charge is 0.444 e. The molecule has 2 atom stereocenters. The van der Waals surface area contributed by atoms with Gasteiger partial charge in [-0.1, -0.05) is 28.1 Å². The van der Waals surface area contributed by atoms with Crippen LogP contribution in [0, 0.1) is 0 Å². The van der Waals surface area contributed by atoms with Gasteiger partial charge in [0.15, 0.2) is 0 Å². The normalized spacial score (nSPS) is 14.3. The van der Waals surface area contributed by atoms with Crippen LogP contribution < -0.4 is 5.32 Å². The van der Waals surface area contributed by atoms with E-state index >= 15 is 0 Å². The third kappa shape index (κ3) is 7.24. The predicted octanol–water partition coefficient (Wildman–Crippen LogP) is 3.24. The highest BCUT2D eigenvalue weighted by molar-refractivity contribution is 9.10. The molecule has 0 aliphatic carbocycles. The molecule has 0 fully saturated rings. The molecule has 0 saturated carbocycles. The summed E-state index contributed by atoms with van der Waals surface area (Å²) in [4.78, 5) is 11.7. The lowest BCUT2D eigenvalue weighted by Gasteiger charge is -2.26. The van der Waals surface area contributed by atoms with Gasteiger partial charge in [-0.2, -0.15) is 0 Å². The first-order valence-electron chi connectivity index (χ1n) is 7.17. The van der Waals surface area contributed by atoms with Crippen LogP contribution in [0.15, 0.2) is 28.7 Å². The lowest BCUT2D eigenvalue weighted by Crippen LogP contribution is -2.47. The van der Waals surface area contributed by atoms with Crippen molar-refractivity contribution in [2.75, 3.05) is 6.61 Å². The number of aliphatic hydroxyl groups is 1. The molecule has 0 aromatic heterocycles. The van der Waals surface area contributed by atoms with Crippen molar-refractivity contribution in [3.8, 4) is 0 Å². The van der Waals surface area contributed by atoms with Gasteiger partial charge in [0.1, 0.15) is 5.60 Å². The summed E-state index contributed by atoms with van der Waals surface area (Å²) in [5.74, 6) is 0. The lowest BCUT2D eigenvalue weighted by atomic mass is 10.2. The summed E-state index contributed by atoms with van der Waals surface area (Å²) < 4.78 is 11.9. The average molecular weight is 374 g/mol. The second kappa shape index (κ2) is 8.50. The summed E-state index contributed by atoms with van der Waals surface area (Å²) in [6, 6.07) is 7.25. The Balaban J connectivity index is 2.48. The van der Waals surface area contributed by atoms with E-state index in [9.17, 15) is 9.90 Å². The van der Waals surface area contributed by atoms with Gasteiger partial charge in [-0.25, -0.2) is 4.79 Å². The standard InChI is InChI=1S/C16H24BrNO4/c1-11(21-10-12-5-7-13(17)8-6-12)14(9-19)18-15(20)22-16(2,3)4/h5-8,11,14,19H,9-10H2,1-4H3,(H,18,20)/t11-,14+/m1/s1. The summed E-state index contributed by atoms with van der Waals surface area (Å²) in [5, 5.41) is 12.0. The van der Waals surface area contributed by atoms with Crippen molar-refractivity contribution in [2.24, 2.45) is 0 Å². The Kier molecular flexibility index (Phi) is 7.32. The molecule has 0 bridgehead atoms. The molecule has 1 aromatic rings. The van der Waals surface area contributed by atoms with E-state index in [4.69, 9.17) is 9.47 Å². The van der Waals surface area contributed by atoms with E-state index in [2.05, 4.69) is 21.2 Å². The van der Waals surface area contributed by atoms with Gasteiger partial charge < -0.3 is 19.9 Å². The molecule has 1 aromatic carbocycles. The minimum absolute atomic E-state index is 0.221. The van der Waals surface area contributed by atoms with Crippen LogP contribution in [0.25, 0.3) is 0 Å². The van der Waals surface area contributed by atoms with Crippen LogP contribution in [0.5, 0.6) is 0 Å². The van der Waals surface area contributed by atoms with Crippen LogP contribution >= 0.6 is 15.9 Å². The molecule has 0 aliphatic rings. The number of aliphatic hydroxyl groups excluding tert-OH is 1. The van der Waals surface area contributed by atoms with Gasteiger partial charge >= 0.3 is 6.09 Å². The van der Waals surface area contributed by atoms with E-state index in [1.807, 2.05) is 24.3 Å². The molecule has 0 unspecified atom stereocenters. The van der Waals surface area contributed by atoms with Gasteiger partial charge in [-0.15, -0.1) is 0 Å². The van der Waals surface area contributed by atoms with Crippen LogP contribution in [-0.2, 0) is 16.1 Å². The first-order chi connectivity index (χ1) is 10.2. The number of amides is 1. The van der Waals surface area contributed by atoms with Gasteiger partial charge in [0, 0.05) is 4.47 Å². The maximum Gasteiger partial charge on any atom is 0.408 e. The Morgan fingerprint density at radius 2 is 1.91 bits per heavy atom. The predicted molar refractivity (Wildman–Crippen MR) is 88.6 cm³/mol. The number of carbonyl (C=O) groups excluding carboxylic acids is 1. The lowest BCUT2D eigenvalue weighted by molar-refractivity contribution is 0.00227. The third-order valence-corrected chi connectivity index (χ3v) is 3.42. The molecular formula is C16H24BrNO4. The highest BCUT2D eigenvalue weighted by Crippen LogP contribution is 2.13. The molecule has 1 amide bonds. The molecule has 0 aliphatic heterocycles. The van der Waals surface area contributed by atoms with Crippen molar-refractivity contribution in [3.63, 3.8) is 0 Å². The number of ether oxygens (including phenoxy) is 2. The first-order valence-corrected chi connectivity index (χ1v) is 7.97. The van der Waals surface area contributed by atoms with Crippen LogP contribution in [-0.4, -0.2) is 35.6 Å². The fraction of sp³-hybridized carbons (Fsp3) is 0.562. The minimum Gasteiger partial charge on any atom is -0.444 e. The van der Waals surface area contributed by atoms with E-state index in [0.717, 1.165) is 10.0 Å². The molecule has 5 nitrogen and oxygen atoms in total. The summed E-state index contributed by atoms with van der Waals surface area (Å²) in [7, 11) is 0. The van der Waals surface area contributed by atoms with Crippen molar-refractivity contribution in [2.45, 2.75) is 52.0 Å². The average Bonchev–Trinajstić information content (AvgIpc) is 2.42.